The smallest absolute Gasteiger partial charge is 0.204 e. The van der Waals surface area contributed by atoms with E-state index < -0.39 is 17.0 Å². The Morgan fingerprint density at radius 2 is 2.00 bits per heavy atom. The summed E-state index contributed by atoms with van der Waals surface area (Å²) >= 11 is 0. The van der Waals surface area contributed by atoms with Gasteiger partial charge in [-0.3, -0.25) is 0 Å². The molecule has 1 rings (SSSR count). The number of thiol groups is 1. The second kappa shape index (κ2) is 3.72. The van der Waals surface area contributed by atoms with Gasteiger partial charge >= 0.3 is 0 Å². The lowest BCUT2D eigenvalue weighted by molar-refractivity contribution is 0.122. The van der Waals surface area contributed by atoms with E-state index in [-0.39, 0.29) is 12.5 Å². The van der Waals surface area contributed by atoms with E-state index in [9.17, 15) is 13.5 Å². The fraction of sp³-hybridized carbons (Fsp3) is 1.00. The number of nitrogens with zero attached hydrogens (tertiary/aromatic N) is 1. The minimum Gasteiger partial charge on any atom is -0.391 e. The van der Waals surface area contributed by atoms with Crippen molar-refractivity contribution in [1.82, 2.24) is 4.31 Å². The maximum absolute atomic E-state index is 10.6. The number of β-amino-alcohol motifs (C(OH)–C–C–N with tert-alkyl or cyclic N) is 1. The zero-order valence-electron chi connectivity index (χ0n) is 7.30. The SMILES string of the molecule is CC(C)C1CN([SH](=O)=O)CC1O. The third-order valence-electron chi connectivity index (χ3n) is 2.40. The molecule has 5 heteroatoms. The van der Waals surface area contributed by atoms with Crippen molar-refractivity contribution in [2.24, 2.45) is 11.8 Å². The van der Waals surface area contributed by atoms with Crippen LogP contribution in [-0.2, 0) is 10.9 Å². The van der Waals surface area contributed by atoms with Crippen molar-refractivity contribution in [3.8, 4) is 0 Å². The fourth-order valence-corrected chi connectivity index (χ4v) is 2.20. The van der Waals surface area contributed by atoms with Gasteiger partial charge in [-0.15, -0.1) is 0 Å². The van der Waals surface area contributed by atoms with Crippen LogP contribution in [0.1, 0.15) is 13.8 Å². The third-order valence-corrected chi connectivity index (χ3v) is 3.19. The van der Waals surface area contributed by atoms with Crippen molar-refractivity contribution < 1.29 is 13.5 Å². The van der Waals surface area contributed by atoms with E-state index in [2.05, 4.69) is 0 Å². The van der Waals surface area contributed by atoms with Gasteiger partial charge in [0.15, 0.2) is 0 Å². The van der Waals surface area contributed by atoms with Crippen molar-refractivity contribution >= 4 is 10.9 Å². The van der Waals surface area contributed by atoms with E-state index >= 15 is 0 Å². The molecule has 1 aliphatic rings. The predicted molar refractivity (Wildman–Crippen MR) is 46.2 cm³/mol. The molecule has 12 heavy (non-hydrogen) atoms. The number of hydrogen-bond acceptors (Lipinski definition) is 3. The Kier molecular flexibility index (Phi) is 3.09. The van der Waals surface area contributed by atoms with E-state index in [0.29, 0.717) is 12.5 Å². The highest BCUT2D eigenvalue weighted by Crippen LogP contribution is 2.23. The van der Waals surface area contributed by atoms with E-state index in [1.165, 1.54) is 4.31 Å². The minimum atomic E-state index is -2.51. The van der Waals surface area contributed by atoms with E-state index in [0.717, 1.165) is 0 Å². The molecule has 1 saturated heterocycles. The van der Waals surface area contributed by atoms with Gasteiger partial charge < -0.3 is 5.11 Å². The van der Waals surface area contributed by atoms with Crippen LogP contribution in [0.25, 0.3) is 0 Å². The van der Waals surface area contributed by atoms with Crippen LogP contribution < -0.4 is 0 Å². The summed E-state index contributed by atoms with van der Waals surface area (Å²) in [6.07, 6.45) is -0.488. The van der Waals surface area contributed by atoms with Gasteiger partial charge in [-0.1, -0.05) is 13.8 Å². The van der Waals surface area contributed by atoms with Gasteiger partial charge in [0.2, 0.25) is 10.9 Å². The van der Waals surface area contributed by atoms with Crippen molar-refractivity contribution in [2.45, 2.75) is 20.0 Å². The molecule has 0 amide bonds. The van der Waals surface area contributed by atoms with Gasteiger partial charge in [0.1, 0.15) is 0 Å². The highest BCUT2D eigenvalue weighted by Gasteiger charge is 2.34. The average molecular weight is 193 g/mol. The van der Waals surface area contributed by atoms with Crippen molar-refractivity contribution in [3.05, 3.63) is 0 Å². The highest BCUT2D eigenvalue weighted by molar-refractivity contribution is 7.69. The molecule has 4 nitrogen and oxygen atoms in total. The number of rotatable bonds is 2. The molecule has 0 aromatic heterocycles. The Morgan fingerprint density at radius 3 is 2.25 bits per heavy atom. The van der Waals surface area contributed by atoms with Crippen LogP contribution in [0, 0.1) is 11.8 Å². The van der Waals surface area contributed by atoms with Crippen molar-refractivity contribution in [2.75, 3.05) is 13.1 Å². The molecule has 72 valence electrons. The lowest BCUT2D eigenvalue weighted by atomic mass is 9.93. The lowest BCUT2D eigenvalue weighted by Crippen LogP contribution is -2.22. The van der Waals surface area contributed by atoms with Crippen molar-refractivity contribution in [1.29, 1.82) is 0 Å². The number of hydrogen-bond donors (Lipinski definition) is 2. The molecule has 0 spiro atoms. The molecule has 0 aromatic carbocycles. The highest BCUT2D eigenvalue weighted by atomic mass is 32.2. The summed E-state index contributed by atoms with van der Waals surface area (Å²) in [6, 6.07) is 0. The molecule has 1 heterocycles. The summed E-state index contributed by atoms with van der Waals surface area (Å²) in [5.41, 5.74) is 0. The van der Waals surface area contributed by atoms with Crippen LogP contribution in [0.2, 0.25) is 0 Å². The zero-order chi connectivity index (χ0) is 9.30. The van der Waals surface area contributed by atoms with Gasteiger partial charge in [-0.2, -0.15) is 0 Å². The van der Waals surface area contributed by atoms with Crippen LogP contribution in [-0.4, -0.2) is 37.0 Å². The molecule has 1 aliphatic heterocycles. The Hall–Kier alpha value is -0.130. The van der Waals surface area contributed by atoms with Gasteiger partial charge in [0, 0.05) is 19.0 Å². The first-order chi connectivity index (χ1) is 5.52. The topological polar surface area (TPSA) is 57.6 Å². The Bertz CT molecular complexity index is 219. The Morgan fingerprint density at radius 1 is 1.42 bits per heavy atom. The zero-order valence-corrected chi connectivity index (χ0v) is 8.20. The van der Waals surface area contributed by atoms with Crippen LogP contribution in [0.4, 0.5) is 0 Å². The summed E-state index contributed by atoms with van der Waals surface area (Å²) in [4.78, 5) is 0. The second-order valence-electron chi connectivity index (χ2n) is 3.58. The summed E-state index contributed by atoms with van der Waals surface area (Å²) in [6.45, 7) is 4.73. The monoisotopic (exact) mass is 193 g/mol. The number of aliphatic hydroxyl groups is 1. The second-order valence-corrected chi connectivity index (χ2v) is 4.63. The average Bonchev–Trinajstić information content (AvgIpc) is 2.30. The Balaban J connectivity index is 2.62. The van der Waals surface area contributed by atoms with Gasteiger partial charge in [-0.25, -0.2) is 12.7 Å². The first-order valence-electron chi connectivity index (χ1n) is 4.09. The van der Waals surface area contributed by atoms with Crippen LogP contribution in [0.3, 0.4) is 0 Å². The fourth-order valence-electron chi connectivity index (χ4n) is 1.58. The summed E-state index contributed by atoms with van der Waals surface area (Å²) in [7, 11) is -2.51. The molecule has 0 aromatic rings. The van der Waals surface area contributed by atoms with Gasteiger partial charge in [-0.05, 0) is 5.92 Å². The number of aliphatic hydroxyl groups excluding tert-OH is 1. The van der Waals surface area contributed by atoms with Crippen molar-refractivity contribution in [3.63, 3.8) is 0 Å². The normalized spacial score (nSPS) is 32.1. The van der Waals surface area contributed by atoms with E-state index in [1.807, 2.05) is 13.8 Å². The lowest BCUT2D eigenvalue weighted by Gasteiger charge is -2.16. The minimum absolute atomic E-state index is 0.0953. The predicted octanol–water partition coefficient (Wildman–Crippen LogP) is -0.539. The summed E-state index contributed by atoms with van der Waals surface area (Å²) < 4.78 is 22.4. The summed E-state index contributed by atoms with van der Waals surface area (Å²) in [5.74, 6) is 0.429. The van der Waals surface area contributed by atoms with Gasteiger partial charge in [0.25, 0.3) is 0 Å². The summed E-state index contributed by atoms with van der Waals surface area (Å²) in [5, 5.41) is 9.47. The standard InChI is InChI=1S/C7H15NO3S/c1-5(2)6-3-8(12(10)11)4-7(6)9/h5-7,9,12H,3-4H2,1-2H3. The molecule has 1 N–H and O–H groups in total. The molecule has 0 radical (unpaired) electrons. The molecule has 2 unspecified atom stereocenters. The van der Waals surface area contributed by atoms with E-state index in [4.69, 9.17) is 0 Å². The molecular weight excluding hydrogens is 178 g/mol. The van der Waals surface area contributed by atoms with Crippen LogP contribution in [0.15, 0.2) is 0 Å². The molecule has 0 aliphatic carbocycles. The third kappa shape index (κ3) is 1.97. The molecule has 0 saturated carbocycles. The van der Waals surface area contributed by atoms with Crippen LogP contribution in [0.5, 0.6) is 0 Å². The van der Waals surface area contributed by atoms with Gasteiger partial charge in [0.05, 0.1) is 6.10 Å². The quantitative estimate of drug-likeness (QED) is 0.579. The molecule has 1 fully saturated rings. The first kappa shape index (κ1) is 9.95. The largest absolute Gasteiger partial charge is 0.391 e. The molecule has 0 bridgehead atoms. The van der Waals surface area contributed by atoms with Crippen LogP contribution >= 0.6 is 0 Å². The molecular formula is C7H15NO3S. The maximum atomic E-state index is 10.6. The maximum Gasteiger partial charge on any atom is 0.204 e. The van der Waals surface area contributed by atoms with E-state index in [1.54, 1.807) is 0 Å². The Labute approximate surface area is 74.3 Å². The molecule has 2 atom stereocenters. The first-order valence-corrected chi connectivity index (χ1v) is 5.22.